The highest BCUT2D eigenvalue weighted by molar-refractivity contribution is 4.92. The topological polar surface area (TPSA) is 9.23 Å². The third kappa shape index (κ3) is 2.08. The van der Waals surface area contributed by atoms with Gasteiger partial charge in [-0.25, -0.2) is 0 Å². The monoisotopic (exact) mass is 126 g/mol. The van der Waals surface area contributed by atoms with Gasteiger partial charge in [-0.05, 0) is 24.3 Å². The summed E-state index contributed by atoms with van der Waals surface area (Å²) in [6.07, 6.45) is 6.39. The molecule has 0 aromatic carbocycles. The Hall–Kier alpha value is -0.460. The van der Waals surface area contributed by atoms with Crippen molar-refractivity contribution < 1.29 is 4.74 Å². The van der Waals surface area contributed by atoms with Gasteiger partial charge in [-0.2, -0.15) is 0 Å². The van der Waals surface area contributed by atoms with Gasteiger partial charge in [-0.1, -0.05) is 13.8 Å². The lowest BCUT2D eigenvalue weighted by atomic mass is 9.89. The van der Waals surface area contributed by atoms with Gasteiger partial charge in [0, 0.05) is 0 Å². The SMILES string of the molecule is CC1(C)C=COCCC1. The van der Waals surface area contributed by atoms with Gasteiger partial charge in [0.1, 0.15) is 0 Å². The fourth-order valence-electron chi connectivity index (χ4n) is 0.995. The smallest absolute Gasteiger partial charge is 0.0873 e. The first-order valence-corrected chi connectivity index (χ1v) is 3.50. The van der Waals surface area contributed by atoms with Crippen LogP contribution in [0, 0.1) is 5.41 Å². The Morgan fingerprint density at radius 3 is 3.00 bits per heavy atom. The number of allylic oxidation sites excluding steroid dienone is 1. The van der Waals surface area contributed by atoms with Crippen LogP contribution >= 0.6 is 0 Å². The molecule has 0 saturated heterocycles. The zero-order chi connectivity index (χ0) is 6.74. The van der Waals surface area contributed by atoms with Crippen molar-refractivity contribution >= 4 is 0 Å². The molecule has 52 valence electrons. The Bertz CT molecular complexity index is 114. The summed E-state index contributed by atoms with van der Waals surface area (Å²) in [6.45, 7) is 5.36. The average molecular weight is 126 g/mol. The minimum Gasteiger partial charge on any atom is -0.502 e. The van der Waals surface area contributed by atoms with E-state index in [1.807, 2.05) is 6.26 Å². The minimum absolute atomic E-state index is 0.358. The van der Waals surface area contributed by atoms with Crippen LogP contribution in [0.4, 0.5) is 0 Å². The molecule has 0 saturated carbocycles. The maximum absolute atomic E-state index is 5.15. The molecule has 0 aliphatic carbocycles. The predicted molar refractivity (Wildman–Crippen MR) is 38.1 cm³/mol. The fraction of sp³-hybridized carbons (Fsp3) is 0.750. The van der Waals surface area contributed by atoms with E-state index in [9.17, 15) is 0 Å². The van der Waals surface area contributed by atoms with Crippen LogP contribution in [0.25, 0.3) is 0 Å². The second-order valence-electron chi connectivity index (χ2n) is 3.27. The molecule has 1 heteroatoms. The summed E-state index contributed by atoms with van der Waals surface area (Å²) in [5.74, 6) is 0. The van der Waals surface area contributed by atoms with Crippen LogP contribution < -0.4 is 0 Å². The van der Waals surface area contributed by atoms with Crippen molar-refractivity contribution in [3.63, 3.8) is 0 Å². The molecule has 0 N–H and O–H groups in total. The molecule has 1 heterocycles. The second kappa shape index (κ2) is 2.42. The first-order valence-electron chi connectivity index (χ1n) is 3.50. The Labute approximate surface area is 56.7 Å². The molecule has 1 nitrogen and oxygen atoms in total. The first kappa shape index (κ1) is 6.66. The number of rotatable bonds is 0. The Morgan fingerprint density at radius 1 is 1.44 bits per heavy atom. The van der Waals surface area contributed by atoms with E-state index in [1.165, 1.54) is 12.8 Å². The molecular weight excluding hydrogens is 112 g/mol. The van der Waals surface area contributed by atoms with Crippen LogP contribution in [0.1, 0.15) is 26.7 Å². The fourth-order valence-corrected chi connectivity index (χ4v) is 0.995. The highest BCUT2D eigenvalue weighted by Gasteiger charge is 2.14. The Balaban J connectivity index is 2.52. The predicted octanol–water partition coefficient (Wildman–Crippen LogP) is 2.34. The van der Waals surface area contributed by atoms with Crippen molar-refractivity contribution in [3.8, 4) is 0 Å². The molecule has 1 rings (SSSR count). The van der Waals surface area contributed by atoms with E-state index in [2.05, 4.69) is 19.9 Å². The van der Waals surface area contributed by atoms with Crippen molar-refractivity contribution in [2.45, 2.75) is 26.7 Å². The molecule has 0 aromatic heterocycles. The molecule has 1 aliphatic heterocycles. The Kier molecular flexibility index (Phi) is 1.79. The van der Waals surface area contributed by atoms with Crippen molar-refractivity contribution in [2.24, 2.45) is 5.41 Å². The van der Waals surface area contributed by atoms with E-state index in [0.29, 0.717) is 5.41 Å². The number of hydrogen-bond acceptors (Lipinski definition) is 1. The van der Waals surface area contributed by atoms with Crippen molar-refractivity contribution in [1.82, 2.24) is 0 Å². The largest absolute Gasteiger partial charge is 0.502 e. The summed E-state index contributed by atoms with van der Waals surface area (Å²) in [5.41, 5.74) is 0.358. The molecule has 1 aliphatic rings. The van der Waals surface area contributed by atoms with Crippen LogP contribution in [0.3, 0.4) is 0 Å². The molecule has 0 radical (unpaired) electrons. The maximum Gasteiger partial charge on any atom is 0.0873 e. The second-order valence-corrected chi connectivity index (χ2v) is 3.27. The quantitative estimate of drug-likeness (QED) is 0.484. The van der Waals surface area contributed by atoms with Crippen LogP contribution in [-0.4, -0.2) is 6.61 Å². The van der Waals surface area contributed by atoms with Crippen LogP contribution in [0.2, 0.25) is 0 Å². The van der Waals surface area contributed by atoms with Crippen LogP contribution in [0.5, 0.6) is 0 Å². The van der Waals surface area contributed by atoms with Gasteiger partial charge >= 0.3 is 0 Å². The molecule has 0 amide bonds. The summed E-state index contributed by atoms with van der Waals surface area (Å²) in [6, 6.07) is 0. The molecule has 0 bridgehead atoms. The van der Waals surface area contributed by atoms with Crippen LogP contribution in [0.15, 0.2) is 12.3 Å². The van der Waals surface area contributed by atoms with Gasteiger partial charge in [-0.15, -0.1) is 0 Å². The van der Waals surface area contributed by atoms with E-state index >= 15 is 0 Å². The lowest BCUT2D eigenvalue weighted by Crippen LogP contribution is -2.05. The third-order valence-corrected chi connectivity index (χ3v) is 1.70. The molecule has 0 unspecified atom stereocenters. The Morgan fingerprint density at radius 2 is 2.22 bits per heavy atom. The molecule has 9 heavy (non-hydrogen) atoms. The van der Waals surface area contributed by atoms with Gasteiger partial charge < -0.3 is 4.74 Å². The zero-order valence-electron chi connectivity index (χ0n) is 6.18. The lowest BCUT2D eigenvalue weighted by Gasteiger charge is -2.15. The van der Waals surface area contributed by atoms with Crippen molar-refractivity contribution in [3.05, 3.63) is 12.3 Å². The van der Waals surface area contributed by atoms with Gasteiger partial charge in [0.15, 0.2) is 0 Å². The van der Waals surface area contributed by atoms with Crippen molar-refractivity contribution in [2.75, 3.05) is 6.61 Å². The van der Waals surface area contributed by atoms with Crippen LogP contribution in [-0.2, 0) is 4.74 Å². The normalized spacial score (nSPS) is 24.7. The van der Waals surface area contributed by atoms with E-state index in [0.717, 1.165) is 6.61 Å². The highest BCUT2D eigenvalue weighted by Crippen LogP contribution is 2.25. The average Bonchev–Trinajstić information content (AvgIpc) is 1.92. The summed E-state index contributed by atoms with van der Waals surface area (Å²) in [5, 5.41) is 0. The summed E-state index contributed by atoms with van der Waals surface area (Å²) in [4.78, 5) is 0. The summed E-state index contributed by atoms with van der Waals surface area (Å²) < 4.78 is 5.15. The maximum atomic E-state index is 5.15. The van der Waals surface area contributed by atoms with Crippen molar-refractivity contribution in [1.29, 1.82) is 0 Å². The highest BCUT2D eigenvalue weighted by atomic mass is 16.5. The zero-order valence-corrected chi connectivity index (χ0v) is 6.18. The standard InChI is InChI=1S/C8H14O/c1-8(2)4-3-6-9-7-5-8/h5,7H,3-4,6H2,1-2H3. The summed E-state index contributed by atoms with van der Waals surface area (Å²) >= 11 is 0. The number of hydrogen-bond donors (Lipinski definition) is 0. The summed E-state index contributed by atoms with van der Waals surface area (Å²) in [7, 11) is 0. The van der Waals surface area contributed by atoms with E-state index < -0.39 is 0 Å². The van der Waals surface area contributed by atoms with Gasteiger partial charge in [-0.3, -0.25) is 0 Å². The molecule has 0 atom stereocenters. The molecular formula is C8H14O. The van der Waals surface area contributed by atoms with E-state index in [1.54, 1.807) is 0 Å². The first-order chi connectivity index (χ1) is 4.21. The minimum atomic E-state index is 0.358. The van der Waals surface area contributed by atoms with E-state index in [-0.39, 0.29) is 0 Å². The van der Waals surface area contributed by atoms with Gasteiger partial charge in [0.05, 0.1) is 12.9 Å². The van der Waals surface area contributed by atoms with Gasteiger partial charge in [0.2, 0.25) is 0 Å². The lowest BCUT2D eigenvalue weighted by molar-refractivity contribution is 0.246. The molecule has 0 aromatic rings. The third-order valence-electron chi connectivity index (χ3n) is 1.70. The van der Waals surface area contributed by atoms with E-state index in [4.69, 9.17) is 4.74 Å². The molecule has 0 fully saturated rings. The number of ether oxygens (including phenoxy) is 1. The molecule has 0 spiro atoms. The van der Waals surface area contributed by atoms with Gasteiger partial charge in [0.25, 0.3) is 0 Å².